The van der Waals surface area contributed by atoms with E-state index in [-0.39, 0.29) is 6.04 Å². The van der Waals surface area contributed by atoms with E-state index in [4.69, 9.17) is 4.84 Å². The second-order valence-corrected chi connectivity index (χ2v) is 5.06. The summed E-state index contributed by atoms with van der Waals surface area (Å²) in [6.45, 7) is 0. The summed E-state index contributed by atoms with van der Waals surface area (Å²) in [5.74, 6) is 0. The van der Waals surface area contributed by atoms with Crippen LogP contribution in [0.1, 0.15) is 57.8 Å². The number of oxime groups is 1. The van der Waals surface area contributed by atoms with E-state index in [1.165, 1.54) is 19.3 Å². The molecule has 0 aromatic rings. The summed E-state index contributed by atoms with van der Waals surface area (Å²) in [5, 5.41) is 6.86. The zero-order valence-corrected chi connectivity index (χ0v) is 10.9. The van der Waals surface area contributed by atoms with Crippen molar-refractivity contribution in [3.8, 4) is 0 Å². The molecule has 2 rings (SSSR count). The van der Waals surface area contributed by atoms with Crippen molar-refractivity contribution in [3.63, 3.8) is 0 Å². The van der Waals surface area contributed by atoms with Crippen LogP contribution in [0.4, 0.5) is 4.79 Å². The van der Waals surface area contributed by atoms with E-state index < -0.39 is 6.09 Å². The Hall–Kier alpha value is -1.32. The normalized spacial score (nSPS) is 21.2. The molecule has 0 atom stereocenters. The topological polar surface area (TPSA) is 50.7 Å². The maximum absolute atomic E-state index is 11.6. The van der Waals surface area contributed by atoms with Crippen molar-refractivity contribution >= 4 is 11.8 Å². The van der Waals surface area contributed by atoms with Crippen LogP contribution >= 0.6 is 0 Å². The van der Waals surface area contributed by atoms with Crippen LogP contribution in [0.3, 0.4) is 0 Å². The molecule has 18 heavy (non-hydrogen) atoms. The van der Waals surface area contributed by atoms with Crippen molar-refractivity contribution in [2.75, 3.05) is 0 Å². The summed E-state index contributed by atoms with van der Waals surface area (Å²) in [7, 11) is 0. The summed E-state index contributed by atoms with van der Waals surface area (Å²) in [4.78, 5) is 16.5. The summed E-state index contributed by atoms with van der Waals surface area (Å²) in [6.07, 6.45) is 13.5. The Morgan fingerprint density at radius 3 is 2.50 bits per heavy atom. The Bertz CT molecular complexity index is 319. The first kappa shape index (κ1) is 13.1. The van der Waals surface area contributed by atoms with Crippen LogP contribution in [0.2, 0.25) is 0 Å². The van der Waals surface area contributed by atoms with Crippen LogP contribution in [0.25, 0.3) is 0 Å². The molecule has 0 saturated heterocycles. The number of rotatable bonds is 2. The number of nitrogens with zero attached hydrogens (tertiary/aromatic N) is 1. The first-order valence-electron chi connectivity index (χ1n) is 7.03. The van der Waals surface area contributed by atoms with Crippen molar-refractivity contribution in [2.24, 2.45) is 5.16 Å². The molecule has 4 nitrogen and oxygen atoms in total. The molecule has 100 valence electrons. The fraction of sp³-hybridized carbons (Fsp3) is 0.714. The van der Waals surface area contributed by atoms with Gasteiger partial charge in [0.15, 0.2) is 0 Å². The molecule has 0 aliphatic heterocycles. The molecule has 0 bridgehead atoms. The monoisotopic (exact) mass is 250 g/mol. The lowest BCUT2D eigenvalue weighted by molar-refractivity contribution is 0.143. The zero-order chi connectivity index (χ0) is 12.6. The number of carbonyl (C=O) groups excluding carboxylic acids is 1. The molecule has 2 aliphatic carbocycles. The highest BCUT2D eigenvalue weighted by atomic mass is 16.7. The van der Waals surface area contributed by atoms with E-state index in [0.29, 0.717) is 0 Å². The average Bonchev–Trinajstić information content (AvgIpc) is 2.66. The summed E-state index contributed by atoms with van der Waals surface area (Å²) >= 11 is 0. The Labute approximate surface area is 108 Å². The molecule has 4 heteroatoms. The van der Waals surface area contributed by atoms with E-state index in [0.717, 1.165) is 44.2 Å². The molecule has 0 spiro atoms. The quantitative estimate of drug-likeness (QED) is 0.463. The number of hydrogen-bond donors (Lipinski definition) is 1. The van der Waals surface area contributed by atoms with Gasteiger partial charge in [0.2, 0.25) is 0 Å². The third kappa shape index (κ3) is 4.51. The van der Waals surface area contributed by atoms with Gasteiger partial charge in [0.05, 0.1) is 5.71 Å². The number of carbonyl (C=O) groups is 1. The number of hydrogen-bond acceptors (Lipinski definition) is 3. The molecular weight excluding hydrogens is 228 g/mol. The summed E-state index contributed by atoms with van der Waals surface area (Å²) < 4.78 is 0. The minimum absolute atomic E-state index is 0.280. The van der Waals surface area contributed by atoms with Crippen LogP contribution in [-0.4, -0.2) is 17.8 Å². The van der Waals surface area contributed by atoms with Gasteiger partial charge in [-0.25, -0.2) is 4.79 Å². The van der Waals surface area contributed by atoms with E-state index in [1.54, 1.807) is 0 Å². The molecule has 0 unspecified atom stereocenters. The minimum atomic E-state index is -0.397. The van der Waals surface area contributed by atoms with E-state index >= 15 is 0 Å². The van der Waals surface area contributed by atoms with Crippen LogP contribution in [0.15, 0.2) is 17.3 Å². The third-order valence-corrected chi connectivity index (χ3v) is 3.55. The SMILES string of the molecule is O=C(NC1CCCCC1)ON=C1CCC=CCC1. The molecule has 1 N–H and O–H groups in total. The second kappa shape index (κ2) is 7.19. The van der Waals surface area contributed by atoms with Crippen LogP contribution in [0, 0.1) is 0 Å². The maximum atomic E-state index is 11.6. The molecule has 1 saturated carbocycles. The smallest absolute Gasteiger partial charge is 0.317 e. The van der Waals surface area contributed by atoms with Gasteiger partial charge in [0, 0.05) is 6.04 Å². The number of nitrogens with one attached hydrogen (secondary N) is 1. The Kier molecular flexibility index (Phi) is 5.24. The van der Waals surface area contributed by atoms with Crippen molar-refractivity contribution in [1.82, 2.24) is 5.32 Å². The fourth-order valence-electron chi connectivity index (χ4n) is 2.50. The highest BCUT2D eigenvalue weighted by Gasteiger charge is 2.16. The zero-order valence-electron chi connectivity index (χ0n) is 10.9. The number of allylic oxidation sites excluding steroid dienone is 2. The largest absolute Gasteiger partial charge is 0.433 e. The van der Waals surface area contributed by atoms with Gasteiger partial charge in [-0.15, -0.1) is 0 Å². The lowest BCUT2D eigenvalue weighted by atomic mass is 9.96. The first-order chi connectivity index (χ1) is 8.84. The van der Waals surface area contributed by atoms with Crippen LogP contribution < -0.4 is 5.32 Å². The highest BCUT2D eigenvalue weighted by molar-refractivity contribution is 5.85. The Morgan fingerprint density at radius 1 is 1.17 bits per heavy atom. The van der Waals surface area contributed by atoms with Crippen LogP contribution in [-0.2, 0) is 4.84 Å². The van der Waals surface area contributed by atoms with Crippen LogP contribution in [0.5, 0.6) is 0 Å². The average molecular weight is 250 g/mol. The summed E-state index contributed by atoms with van der Waals surface area (Å²) in [6, 6.07) is 0.280. The first-order valence-corrected chi connectivity index (χ1v) is 7.03. The predicted octanol–water partition coefficient (Wildman–Crippen LogP) is 3.53. The van der Waals surface area contributed by atoms with Gasteiger partial charge in [0.25, 0.3) is 0 Å². The minimum Gasteiger partial charge on any atom is -0.317 e. The number of amides is 1. The van der Waals surface area contributed by atoms with E-state index in [1.807, 2.05) is 0 Å². The lowest BCUT2D eigenvalue weighted by Crippen LogP contribution is -2.35. The lowest BCUT2D eigenvalue weighted by Gasteiger charge is -2.21. The maximum Gasteiger partial charge on any atom is 0.433 e. The summed E-state index contributed by atoms with van der Waals surface area (Å²) in [5.41, 5.74) is 0.985. The molecule has 0 heterocycles. The van der Waals surface area contributed by atoms with Crippen molar-refractivity contribution in [3.05, 3.63) is 12.2 Å². The van der Waals surface area contributed by atoms with Crippen molar-refractivity contribution in [1.29, 1.82) is 0 Å². The molecule has 1 fully saturated rings. The predicted molar refractivity (Wildman–Crippen MR) is 71.5 cm³/mol. The second-order valence-electron chi connectivity index (χ2n) is 5.06. The molecule has 0 aromatic heterocycles. The Morgan fingerprint density at radius 2 is 1.83 bits per heavy atom. The van der Waals surface area contributed by atoms with Crippen molar-refractivity contribution < 1.29 is 9.63 Å². The van der Waals surface area contributed by atoms with Gasteiger partial charge >= 0.3 is 6.09 Å². The molecular formula is C14H22N2O2. The van der Waals surface area contributed by atoms with Gasteiger partial charge < -0.3 is 5.32 Å². The fourth-order valence-corrected chi connectivity index (χ4v) is 2.50. The molecule has 0 aromatic carbocycles. The van der Waals surface area contributed by atoms with E-state index in [2.05, 4.69) is 22.6 Å². The van der Waals surface area contributed by atoms with Gasteiger partial charge in [-0.2, -0.15) is 0 Å². The third-order valence-electron chi connectivity index (χ3n) is 3.55. The van der Waals surface area contributed by atoms with E-state index in [9.17, 15) is 4.79 Å². The van der Waals surface area contributed by atoms with Gasteiger partial charge in [-0.05, 0) is 38.5 Å². The van der Waals surface area contributed by atoms with Crippen molar-refractivity contribution in [2.45, 2.75) is 63.8 Å². The van der Waals surface area contributed by atoms with Gasteiger partial charge in [0.1, 0.15) is 0 Å². The molecule has 0 radical (unpaired) electrons. The Balaban J connectivity index is 1.71. The highest BCUT2D eigenvalue weighted by Crippen LogP contribution is 2.17. The van der Waals surface area contributed by atoms with Gasteiger partial charge in [-0.1, -0.05) is 36.6 Å². The van der Waals surface area contributed by atoms with Gasteiger partial charge in [-0.3, -0.25) is 4.84 Å². The molecule has 1 amide bonds. The standard InChI is InChI=1S/C14H22N2O2/c17-14(15-12-8-6-3-7-9-12)18-16-13-10-4-1-2-5-11-13/h1-2,12H,3-11H2,(H,15,17). The molecule has 2 aliphatic rings.